The highest BCUT2D eigenvalue weighted by atomic mass is 35.5. The van der Waals surface area contributed by atoms with Crippen molar-refractivity contribution in [1.82, 2.24) is 20.4 Å². The van der Waals surface area contributed by atoms with Gasteiger partial charge in [-0.1, -0.05) is 70.7 Å². The monoisotopic (exact) mass is 760 g/mol. The van der Waals surface area contributed by atoms with Crippen LogP contribution in [0.4, 0.5) is 28.9 Å². The average Bonchev–Trinajstić information content (AvgIpc) is 3.05. The van der Waals surface area contributed by atoms with E-state index in [1.807, 2.05) is 0 Å². The van der Waals surface area contributed by atoms with Crippen molar-refractivity contribution in [2.24, 2.45) is 0 Å². The first-order valence-electron chi connectivity index (χ1n) is 14.1. The summed E-state index contributed by atoms with van der Waals surface area (Å²) in [6, 6.07) is 16.6. The maximum atomic E-state index is 14.6. The van der Waals surface area contributed by atoms with E-state index >= 15 is 0 Å². The summed E-state index contributed by atoms with van der Waals surface area (Å²) in [4.78, 5) is 9.92. The van der Waals surface area contributed by atoms with Crippen molar-refractivity contribution in [3.05, 3.63) is 138 Å². The Kier molecular flexibility index (Phi) is 10.9. The molecule has 0 fully saturated rings. The molecule has 0 saturated heterocycles. The highest BCUT2D eigenvalue weighted by molar-refractivity contribution is 6.33. The van der Waals surface area contributed by atoms with Gasteiger partial charge in [0.25, 0.3) is 5.69 Å². The second-order valence-electron chi connectivity index (χ2n) is 10.6. The lowest BCUT2D eigenvalue weighted by molar-refractivity contribution is -0.385. The number of non-ortho nitro benzene ring substituents is 1. The standard InChI is InChI=1S/C17H9Cl2F2N3O2.C17H11Cl2F2N3/c1-8-14(9-2-4-10(18)5-3-9)16(17(19)23-22-8)15-12(20)6-11(24(25)26)7-13(15)21;1-8-14(9-2-4-10(18)5-3-9)16(17(19)24-23-8)15-12(20)6-11(22)7-13(15)21/h2-7H,1H3;2-7H,22H2,1H3. The van der Waals surface area contributed by atoms with Gasteiger partial charge in [0.05, 0.1) is 39.6 Å². The molecular weight excluding hydrogens is 742 g/mol. The number of benzene rings is 4. The first-order chi connectivity index (χ1) is 23.7. The number of aromatic nitrogens is 4. The summed E-state index contributed by atoms with van der Waals surface area (Å²) in [7, 11) is 0. The number of aryl methyl sites for hydroxylation is 2. The number of halogens is 8. The van der Waals surface area contributed by atoms with Crippen LogP contribution in [-0.2, 0) is 0 Å². The van der Waals surface area contributed by atoms with E-state index in [1.165, 1.54) is 0 Å². The second-order valence-corrected chi connectivity index (χ2v) is 12.2. The van der Waals surface area contributed by atoms with Gasteiger partial charge in [-0.15, -0.1) is 10.2 Å². The number of nitro benzene ring substituents is 1. The SMILES string of the molecule is Cc1nnc(Cl)c(-c2c(F)cc(N)cc2F)c1-c1ccc(Cl)cc1.Cc1nnc(Cl)c(-c2c(F)cc([N+](=O)[O-])cc2F)c1-c1ccc(Cl)cc1. The Morgan fingerprint density at radius 2 is 0.900 bits per heavy atom. The Labute approximate surface area is 301 Å². The van der Waals surface area contributed by atoms with Crippen molar-refractivity contribution in [3.8, 4) is 44.5 Å². The van der Waals surface area contributed by atoms with Crippen LogP contribution in [0.25, 0.3) is 44.5 Å². The molecule has 2 N–H and O–H groups in total. The molecule has 0 saturated carbocycles. The molecule has 6 rings (SSSR count). The molecule has 0 amide bonds. The van der Waals surface area contributed by atoms with Crippen LogP contribution >= 0.6 is 46.4 Å². The molecule has 0 aliphatic carbocycles. The molecule has 0 unspecified atom stereocenters. The molecule has 6 aromatic rings. The van der Waals surface area contributed by atoms with Crippen molar-refractivity contribution < 1.29 is 22.5 Å². The van der Waals surface area contributed by atoms with Gasteiger partial charge in [-0.3, -0.25) is 10.1 Å². The fraction of sp³-hybridized carbons (Fsp3) is 0.0588. The molecule has 0 aliphatic rings. The molecule has 2 heterocycles. The molecule has 50 heavy (non-hydrogen) atoms. The van der Waals surface area contributed by atoms with Gasteiger partial charge in [-0.05, 0) is 61.4 Å². The first-order valence-corrected chi connectivity index (χ1v) is 15.6. The molecular formula is C34H20Cl4F4N6O2. The maximum Gasteiger partial charge on any atom is 0.275 e. The number of anilines is 1. The minimum Gasteiger partial charge on any atom is -0.399 e. The topological polar surface area (TPSA) is 121 Å². The largest absolute Gasteiger partial charge is 0.399 e. The van der Waals surface area contributed by atoms with Gasteiger partial charge in [0.1, 0.15) is 23.3 Å². The Morgan fingerprint density at radius 1 is 0.560 bits per heavy atom. The van der Waals surface area contributed by atoms with Crippen molar-refractivity contribution in [2.45, 2.75) is 13.8 Å². The number of nitrogen functional groups attached to an aromatic ring is 1. The summed E-state index contributed by atoms with van der Waals surface area (Å²) < 4.78 is 58.0. The van der Waals surface area contributed by atoms with E-state index in [0.29, 0.717) is 55.8 Å². The van der Waals surface area contributed by atoms with Crippen molar-refractivity contribution in [1.29, 1.82) is 0 Å². The van der Waals surface area contributed by atoms with E-state index in [4.69, 9.17) is 52.1 Å². The number of nitro groups is 1. The summed E-state index contributed by atoms with van der Waals surface area (Å²) in [5.74, 6) is -3.89. The van der Waals surface area contributed by atoms with Crippen LogP contribution in [-0.4, -0.2) is 25.3 Å². The molecule has 0 bridgehead atoms. The van der Waals surface area contributed by atoms with E-state index < -0.39 is 39.4 Å². The first kappa shape index (κ1) is 36.4. The normalized spacial score (nSPS) is 10.8. The second kappa shape index (κ2) is 14.9. The van der Waals surface area contributed by atoms with E-state index in [0.717, 1.165) is 12.1 Å². The Bertz CT molecular complexity index is 2230. The van der Waals surface area contributed by atoms with Gasteiger partial charge in [0.15, 0.2) is 10.3 Å². The molecule has 0 atom stereocenters. The number of hydrogen-bond acceptors (Lipinski definition) is 7. The third kappa shape index (κ3) is 7.48. The van der Waals surface area contributed by atoms with Crippen molar-refractivity contribution >= 4 is 57.8 Å². The van der Waals surface area contributed by atoms with Crippen molar-refractivity contribution in [2.75, 3.05) is 5.73 Å². The quantitative estimate of drug-likeness (QED) is 0.0803. The van der Waals surface area contributed by atoms with Gasteiger partial charge in [0, 0.05) is 38.0 Å². The maximum absolute atomic E-state index is 14.6. The van der Waals surface area contributed by atoms with Gasteiger partial charge in [0.2, 0.25) is 0 Å². The molecule has 16 heteroatoms. The molecule has 254 valence electrons. The number of hydrogen-bond donors (Lipinski definition) is 1. The van der Waals surface area contributed by atoms with Crippen LogP contribution in [0.1, 0.15) is 11.4 Å². The third-order valence-corrected chi connectivity index (χ3v) is 8.31. The van der Waals surface area contributed by atoms with Gasteiger partial charge in [-0.25, -0.2) is 17.6 Å². The van der Waals surface area contributed by atoms with Gasteiger partial charge in [-0.2, -0.15) is 10.2 Å². The number of nitrogens with zero attached hydrogens (tertiary/aromatic N) is 5. The predicted molar refractivity (Wildman–Crippen MR) is 186 cm³/mol. The molecule has 0 spiro atoms. The van der Waals surface area contributed by atoms with Crippen molar-refractivity contribution in [3.63, 3.8) is 0 Å². The molecule has 2 aromatic heterocycles. The summed E-state index contributed by atoms with van der Waals surface area (Å²) in [5.41, 5.74) is 6.98. The van der Waals surface area contributed by atoms with E-state index in [1.54, 1.807) is 62.4 Å². The number of rotatable bonds is 5. The summed E-state index contributed by atoms with van der Waals surface area (Å²) in [5, 5.41) is 26.9. The predicted octanol–water partition coefficient (Wildman–Crippen LogP) is 10.9. The lowest BCUT2D eigenvalue weighted by Gasteiger charge is -2.15. The molecule has 0 aliphatic heterocycles. The highest BCUT2D eigenvalue weighted by Gasteiger charge is 2.26. The average molecular weight is 762 g/mol. The van der Waals surface area contributed by atoms with Crippen LogP contribution in [0, 0.1) is 47.2 Å². The van der Waals surface area contributed by atoms with Gasteiger partial charge < -0.3 is 5.73 Å². The minimum atomic E-state index is -1.12. The molecule has 8 nitrogen and oxygen atoms in total. The number of nitrogens with two attached hydrogens (primary N) is 1. The fourth-order valence-corrected chi connectivity index (χ4v) is 5.84. The zero-order valence-electron chi connectivity index (χ0n) is 25.6. The zero-order valence-corrected chi connectivity index (χ0v) is 28.6. The smallest absolute Gasteiger partial charge is 0.275 e. The highest BCUT2D eigenvalue weighted by Crippen LogP contribution is 2.42. The zero-order chi connectivity index (χ0) is 36.4. The van der Waals surface area contributed by atoms with Crippen LogP contribution in [0.2, 0.25) is 20.4 Å². The van der Waals surface area contributed by atoms with Crippen LogP contribution < -0.4 is 5.73 Å². The summed E-state index contributed by atoms with van der Waals surface area (Å²) in [6.07, 6.45) is 0. The molecule has 4 aromatic carbocycles. The fourth-order valence-electron chi connectivity index (χ4n) is 5.14. The Balaban J connectivity index is 0.000000195. The van der Waals surface area contributed by atoms with Crippen LogP contribution in [0.3, 0.4) is 0 Å². The Morgan fingerprint density at radius 3 is 1.24 bits per heavy atom. The van der Waals surface area contributed by atoms with Gasteiger partial charge >= 0.3 is 0 Å². The van der Waals surface area contributed by atoms with E-state index in [-0.39, 0.29) is 32.7 Å². The third-order valence-electron chi connectivity index (χ3n) is 7.28. The van der Waals surface area contributed by atoms with Crippen LogP contribution in [0.5, 0.6) is 0 Å². The van der Waals surface area contributed by atoms with Crippen LogP contribution in [0.15, 0.2) is 72.8 Å². The summed E-state index contributed by atoms with van der Waals surface area (Å²) >= 11 is 24.0. The minimum absolute atomic E-state index is 0.0170. The lowest BCUT2D eigenvalue weighted by atomic mass is 9.94. The Hall–Kier alpha value is -4.88. The molecule has 0 radical (unpaired) electrons. The van der Waals surface area contributed by atoms with E-state index in [9.17, 15) is 27.7 Å². The summed E-state index contributed by atoms with van der Waals surface area (Å²) in [6.45, 7) is 3.29. The lowest BCUT2D eigenvalue weighted by Crippen LogP contribution is -2.02. The van der Waals surface area contributed by atoms with E-state index in [2.05, 4.69) is 20.4 Å².